The van der Waals surface area contributed by atoms with E-state index in [0.29, 0.717) is 0 Å². The molecule has 14 heteroatoms. The van der Waals surface area contributed by atoms with Crippen LogP contribution in [0.1, 0.15) is 27.7 Å². The number of rotatable bonds is 7. The Morgan fingerprint density at radius 1 is 0.727 bits per heavy atom. The van der Waals surface area contributed by atoms with Crippen LogP contribution in [0.25, 0.3) is 0 Å². The Balaban J connectivity index is -0.000000261. The monoisotopic (exact) mass is 370 g/mol. The molecule has 0 aromatic rings. The molecule has 0 aliphatic rings. The number of hydrogen-bond donors (Lipinski definition) is 4. The van der Waals surface area contributed by atoms with Gasteiger partial charge in [-0.25, -0.2) is 10.0 Å². The fourth-order valence-corrected chi connectivity index (χ4v) is 1.08. The minimum atomic E-state index is -5.02. The Morgan fingerprint density at radius 2 is 0.909 bits per heavy atom. The highest BCUT2D eigenvalue weighted by Crippen LogP contribution is 1.92. The smallest absolute Gasteiger partial charge is 0.269 e. The Labute approximate surface area is 131 Å². The van der Waals surface area contributed by atoms with Crippen molar-refractivity contribution in [2.45, 2.75) is 27.7 Å². The summed E-state index contributed by atoms with van der Waals surface area (Å²) in [5, 5.41) is 3.50. The number of nitrogens with two attached hydrogens (primary N) is 2. The zero-order valence-electron chi connectivity index (χ0n) is 13.0. The second kappa shape index (κ2) is 14.2. The molecule has 0 aliphatic carbocycles. The normalized spacial score (nSPS) is 11.5. The topological polar surface area (TPSA) is 186 Å². The maximum atomic E-state index is 9.51. The summed E-state index contributed by atoms with van der Waals surface area (Å²) < 4.78 is 58.9. The van der Waals surface area contributed by atoms with Gasteiger partial charge in [0.15, 0.2) is 0 Å². The predicted octanol–water partition coefficient (Wildman–Crippen LogP) is -1.06. The molecule has 0 radical (unpaired) electrons. The van der Waals surface area contributed by atoms with Gasteiger partial charge in [0.25, 0.3) is 0 Å². The van der Waals surface area contributed by atoms with Crippen LogP contribution in [0.4, 0.5) is 0 Å². The summed E-state index contributed by atoms with van der Waals surface area (Å²) in [6, 6.07) is 0. The number of nitrogens with zero attached hydrogens (tertiary/aromatic N) is 2. The van der Waals surface area contributed by atoms with Crippen LogP contribution in [0.5, 0.6) is 0 Å². The van der Waals surface area contributed by atoms with Crippen molar-refractivity contribution in [1.82, 2.24) is 10.0 Å². The van der Waals surface area contributed by atoms with Gasteiger partial charge < -0.3 is 0 Å². The summed E-state index contributed by atoms with van der Waals surface area (Å²) in [4.78, 5) is 0. The van der Waals surface area contributed by atoms with Gasteiger partial charge in [0.1, 0.15) is 0 Å². The third-order valence-electron chi connectivity index (χ3n) is 1.82. The molecular formula is C8H26N4O8S2. The Kier molecular flexibility index (Phi) is 17.1. The van der Waals surface area contributed by atoms with Gasteiger partial charge >= 0.3 is 20.8 Å². The highest BCUT2D eigenvalue weighted by Gasteiger charge is 2.13. The molecule has 0 saturated heterocycles. The number of hydrogen-bond acceptors (Lipinski definition) is 10. The first-order chi connectivity index (χ1) is 9.82. The molecule has 0 rings (SSSR count). The van der Waals surface area contributed by atoms with Crippen molar-refractivity contribution < 1.29 is 34.6 Å². The summed E-state index contributed by atoms with van der Waals surface area (Å²) in [5.74, 6) is 10.6. The first kappa shape index (κ1) is 26.5. The van der Waals surface area contributed by atoms with E-state index in [1.54, 1.807) is 10.0 Å². The maximum absolute atomic E-state index is 9.51. The van der Waals surface area contributed by atoms with Gasteiger partial charge in [-0.2, -0.15) is 16.8 Å². The van der Waals surface area contributed by atoms with Crippen LogP contribution in [0.3, 0.4) is 0 Å². The predicted molar refractivity (Wildman–Crippen MR) is 79.5 cm³/mol. The van der Waals surface area contributed by atoms with E-state index >= 15 is 0 Å². The van der Waals surface area contributed by atoms with Crippen molar-refractivity contribution in [2.75, 3.05) is 26.2 Å². The molecule has 0 atom stereocenters. The molecule has 0 bridgehead atoms. The molecule has 0 amide bonds. The highest BCUT2D eigenvalue weighted by molar-refractivity contribution is 7.83. The van der Waals surface area contributed by atoms with Crippen molar-refractivity contribution in [1.29, 1.82) is 0 Å². The third-order valence-corrected chi connectivity index (χ3v) is 2.39. The van der Waals surface area contributed by atoms with Gasteiger partial charge in [-0.1, -0.05) is 36.4 Å². The van der Waals surface area contributed by atoms with Crippen molar-refractivity contribution >= 4 is 20.8 Å². The van der Waals surface area contributed by atoms with Gasteiger partial charge in [0, 0.05) is 26.2 Å². The SMILES string of the molecule is CCN(N)CC.CCN(N)CC.O=S(=O)(O)OOS(=O)(=O)O. The fourth-order valence-electron chi connectivity index (χ4n) is 0.517. The molecule has 6 N–H and O–H groups in total. The van der Waals surface area contributed by atoms with Crippen molar-refractivity contribution in [3.63, 3.8) is 0 Å². The lowest BCUT2D eigenvalue weighted by Gasteiger charge is -2.07. The average molecular weight is 370 g/mol. The molecule has 138 valence electrons. The van der Waals surface area contributed by atoms with Gasteiger partial charge in [-0.05, 0) is 0 Å². The van der Waals surface area contributed by atoms with Gasteiger partial charge in [-0.15, -0.1) is 0 Å². The molecule has 0 aromatic heterocycles. The van der Waals surface area contributed by atoms with Crippen LogP contribution in [0.15, 0.2) is 0 Å². The van der Waals surface area contributed by atoms with E-state index in [0.717, 1.165) is 26.2 Å². The van der Waals surface area contributed by atoms with Gasteiger partial charge in [0.2, 0.25) is 0 Å². The summed E-state index contributed by atoms with van der Waals surface area (Å²) in [6.45, 7) is 11.9. The fraction of sp³-hybridized carbons (Fsp3) is 1.00. The molecule has 0 unspecified atom stereocenters. The van der Waals surface area contributed by atoms with E-state index < -0.39 is 20.8 Å². The van der Waals surface area contributed by atoms with Crippen molar-refractivity contribution in [2.24, 2.45) is 11.7 Å². The minimum absolute atomic E-state index is 0.941. The van der Waals surface area contributed by atoms with Crippen molar-refractivity contribution in [3.05, 3.63) is 0 Å². The first-order valence-corrected chi connectivity index (χ1v) is 8.87. The van der Waals surface area contributed by atoms with Gasteiger partial charge in [0.05, 0.1) is 0 Å². The van der Waals surface area contributed by atoms with Crippen LogP contribution in [0.2, 0.25) is 0 Å². The Bertz CT molecular complexity index is 391. The van der Waals surface area contributed by atoms with E-state index in [-0.39, 0.29) is 0 Å². The van der Waals surface area contributed by atoms with Gasteiger partial charge in [-0.3, -0.25) is 20.8 Å². The van der Waals surface area contributed by atoms with E-state index in [9.17, 15) is 16.8 Å². The zero-order chi connectivity index (χ0) is 18.4. The molecule has 0 heterocycles. The Morgan fingerprint density at radius 3 is 0.955 bits per heavy atom. The largest absolute Gasteiger partial charge is 0.425 e. The molecule has 0 spiro atoms. The van der Waals surface area contributed by atoms with Crippen molar-refractivity contribution in [3.8, 4) is 0 Å². The number of hydrazine groups is 2. The summed E-state index contributed by atoms with van der Waals surface area (Å²) >= 11 is 0. The average Bonchev–Trinajstić information content (AvgIpc) is 2.43. The van der Waals surface area contributed by atoms with E-state index in [1.807, 2.05) is 27.7 Å². The van der Waals surface area contributed by atoms with Crippen LogP contribution < -0.4 is 11.7 Å². The molecule has 12 nitrogen and oxygen atoms in total. The molecule has 0 saturated carbocycles. The standard InChI is InChI=1S/2C4H12N2.H2O8S2/c2*1-3-6(5)4-2;1-9(2,3)7-8-10(4,5)6/h2*3-5H2,1-2H3;(H,1,2,3)(H,4,5,6). The summed E-state index contributed by atoms with van der Waals surface area (Å²) in [6.07, 6.45) is 0. The zero-order valence-corrected chi connectivity index (χ0v) is 14.7. The van der Waals surface area contributed by atoms with E-state index in [1.165, 1.54) is 0 Å². The second-order valence-electron chi connectivity index (χ2n) is 3.43. The maximum Gasteiger partial charge on any atom is 0.425 e. The lowest BCUT2D eigenvalue weighted by Crippen LogP contribution is -2.29. The highest BCUT2D eigenvalue weighted by atomic mass is 32.3. The minimum Gasteiger partial charge on any atom is -0.269 e. The molecule has 0 aliphatic heterocycles. The van der Waals surface area contributed by atoms with E-state index in [4.69, 9.17) is 20.8 Å². The molecule has 22 heavy (non-hydrogen) atoms. The first-order valence-electron chi connectivity index (χ1n) is 6.14. The van der Waals surface area contributed by atoms with Crippen LogP contribution in [-0.4, -0.2) is 62.1 Å². The summed E-state index contributed by atoms with van der Waals surface area (Å²) in [5.41, 5.74) is 0. The summed E-state index contributed by atoms with van der Waals surface area (Å²) in [7, 11) is -10.0. The van der Waals surface area contributed by atoms with E-state index in [2.05, 4.69) is 8.67 Å². The second-order valence-corrected chi connectivity index (χ2v) is 5.42. The molecule has 0 aromatic carbocycles. The van der Waals surface area contributed by atoms with Crippen LogP contribution in [-0.2, 0) is 29.5 Å². The third kappa shape index (κ3) is 31.8. The van der Waals surface area contributed by atoms with Crippen LogP contribution in [0, 0.1) is 0 Å². The van der Waals surface area contributed by atoms with Crippen LogP contribution >= 0.6 is 0 Å². The molecule has 0 fully saturated rings. The lowest BCUT2D eigenvalue weighted by atomic mass is 10.6. The Hall–Kier alpha value is -0.420. The quantitative estimate of drug-likeness (QED) is 0.184. The lowest BCUT2D eigenvalue weighted by molar-refractivity contribution is -0.105. The molecular weight excluding hydrogens is 344 g/mol.